The molecule has 1 heterocycles. The number of fused-ring (bicyclic) bond motifs is 1. The smallest absolute Gasteiger partial charge is 0.336 e. The molecule has 0 unspecified atom stereocenters. The molecule has 0 aliphatic heterocycles. The molecular weight excluding hydrogens is 330 g/mol. The molecule has 0 bridgehead atoms. The topological polar surface area (TPSA) is 59.8 Å². The fraction of sp³-hybridized carbons (Fsp3) is 0.444. The number of ether oxygens (including phenoxy) is 1. The first kappa shape index (κ1) is 20.2. The summed E-state index contributed by atoms with van der Waals surface area (Å²) in [7, 11) is 0. The number of halogens is 1. The highest BCUT2D eigenvalue weighted by Gasteiger charge is 2.14. The molecule has 0 amide bonds. The average molecular weight is 354 g/mol. The number of rotatable bonds is 7. The Bertz CT molecular complexity index is 765. The third-order valence-corrected chi connectivity index (χ3v) is 3.99. The van der Waals surface area contributed by atoms with Gasteiger partial charge in [0.05, 0.1) is 5.56 Å². The first-order valence-corrected chi connectivity index (χ1v) is 7.90. The minimum Gasteiger partial charge on any atom is -0.491 e. The normalized spacial score (nSPS) is 10.7. The molecular formula is C18H24ClNO4. The van der Waals surface area contributed by atoms with E-state index in [-0.39, 0.29) is 18.2 Å². The maximum absolute atomic E-state index is 11.9. The van der Waals surface area contributed by atoms with Gasteiger partial charge in [0, 0.05) is 24.1 Å². The molecule has 1 aromatic heterocycles. The molecule has 132 valence electrons. The Labute approximate surface area is 148 Å². The van der Waals surface area contributed by atoms with Crippen LogP contribution >= 0.6 is 12.4 Å². The van der Waals surface area contributed by atoms with Crippen molar-refractivity contribution in [2.24, 2.45) is 0 Å². The molecule has 0 fully saturated rings. The summed E-state index contributed by atoms with van der Waals surface area (Å²) in [5, 5.41) is 0.755. The van der Waals surface area contributed by atoms with E-state index in [0.29, 0.717) is 23.5 Å². The Morgan fingerprint density at radius 2 is 1.88 bits per heavy atom. The van der Waals surface area contributed by atoms with E-state index in [9.17, 15) is 9.59 Å². The summed E-state index contributed by atoms with van der Waals surface area (Å²) in [6, 6.07) is 4.80. The molecule has 6 heteroatoms. The van der Waals surface area contributed by atoms with Crippen molar-refractivity contribution >= 4 is 29.2 Å². The molecule has 0 saturated carbocycles. The number of nitrogens with zero attached hydrogens (tertiary/aromatic N) is 1. The van der Waals surface area contributed by atoms with Gasteiger partial charge in [-0.1, -0.05) is 13.8 Å². The van der Waals surface area contributed by atoms with Crippen molar-refractivity contribution in [1.29, 1.82) is 0 Å². The van der Waals surface area contributed by atoms with Crippen molar-refractivity contribution < 1.29 is 13.9 Å². The van der Waals surface area contributed by atoms with Crippen molar-refractivity contribution in [3.05, 3.63) is 39.7 Å². The fourth-order valence-corrected chi connectivity index (χ4v) is 2.57. The third kappa shape index (κ3) is 4.58. The van der Waals surface area contributed by atoms with Crippen molar-refractivity contribution in [2.75, 3.05) is 26.2 Å². The molecule has 1 aromatic carbocycles. The third-order valence-electron chi connectivity index (χ3n) is 3.99. The van der Waals surface area contributed by atoms with Gasteiger partial charge in [-0.15, -0.1) is 12.4 Å². The lowest BCUT2D eigenvalue weighted by Gasteiger charge is -2.19. The van der Waals surface area contributed by atoms with Crippen LogP contribution in [0.2, 0.25) is 0 Å². The van der Waals surface area contributed by atoms with Gasteiger partial charge in [-0.05, 0) is 38.6 Å². The van der Waals surface area contributed by atoms with Gasteiger partial charge in [0.2, 0.25) is 0 Å². The maximum atomic E-state index is 11.9. The molecule has 0 spiro atoms. The van der Waals surface area contributed by atoms with E-state index >= 15 is 0 Å². The standard InChI is InChI=1S/C18H23NO4.ClH/c1-5-19(6-2)7-8-22-16-11-17-14(10-15(16)13(4)20)12(3)9-18(21)23-17;/h9-11H,5-8H2,1-4H3;1H. The Morgan fingerprint density at radius 1 is 1.21 bits per heavy atom. The number of carbonyl (C=O) groups is 1. The highest BCUT2D eigenvalue weighted by Crippen LogP contribution is 2.27. The number of carbonyl (C=O) groups excluding carboxylic acids is 1. The van der Waals surface area contributed by atoms with Gasteiger partial charge in [-0.3, -0.25) is 4.79 Å². The first-order chi connectivity index (χ1) is 11.0. The summed E-state index contributed by atoms with van der Waals surface area (Å²) < 4.78 is 11.0. The zero-order chi connectivity index (χ0) is 17.0. The molecule has 0 aliphatic rings. The van der Waals surface area contributed by atoms with Crippen LogP contribution in [0.4, 0.5) is 0 Å². The number of hydrogen-bond donors (Lipinski definition) is 0. The van der Waals surface area contributed by atoms with Crippen LogP contribution in [0, 0.1) is 6.92 Å². The minimum atomic E-state index is -0.403. The summed E-state index contributed by atoms with van der Waals surface area (Å²) in [6.07, 6.45) is 0. The number of ketones is 1. The SMILES string of the molecule is CCN(CC)CCOc1cc2oc(=O)cc(C)c2cc1C(C)=O.Cl. The second-order valence-electron chi connectivity index (χ2n) is 5.52. The van der Waals surface area contributed by atoms with E-state index < -0.39 is 5.63 Å². The first-order valence-electron chi connectivity index (χ1n) is 7.90. The highest BCUT2D eigenvalue weighted by atomic mass is 35.5. The quantitative estimate of drug-likeness (QED) is 0.563. The largest absolute Gasteiger partial charge is 0.491 e. The Morgan fingerprint density at radius 3 is 2.46 bits per heavy atom. The van der Waals surface area contributed by atoms with E-state index in [1.807, 2.05) is 6.92 Å². The van der Waals surface area contributed by atoms with Crippen molar-refractivity contribution in [1.82, 2.24) is 4.90 Å². The van der Waals surface area contributed by atoms with Crippen LogP contribution in [0.1, 0.15) is 36.7 Å². The molecule has 0 saturated heterocycles. The van der Waals surface area contributed by atoms with Crippen molar-refractivity contribution in [3.63, 3.8) is 0 Å². The van der Waals surface area contributed by atoms with Crippen LogP contribution in [0.25, 0.3) is 11.0 Å². The molecule has 24 heavy (non-hydrogen) atoms. The summed E-state index contributed by atoms with van der Waals surface area (Å²) in [5.74, 6) is 0.390. The second-order valence-corrected chi connectivity index (χ2v) is 5.52. The maximum Gasteiger partial charge on any atom is 0.336 e. The molecule has 0 N–H and O–H groups in total. The van der Waals surface area contributed by atoms with Crippen molar-refractivity contribution in [2.45, 2.75) is 27.7 Å². The summed E-state index contributed by atoms with van der Waals surface area (Å²) in [6.45, 7) is 10.7. The van der Waals surface area contributed by atoms with Gasteiger partial charge < -0.3 is 14.1 Å². The highest BCUT2D eigenvalue weighted by molar-refractivity contribution is 6.01. The molecule has 2 aromatic rings. The predicted molar refractivity (Wildman–Crippen MR) is 97.8 cm³/mol. The number of likely N-dealkylation sites (N-methyl/N-ethyl adjacent to an activating group) is 1. The van der Waals surface area contributed by atoms with Gasteiger partial charge in [0.25, 0.3) is 0 Å². The predicted octanol–water partition coefficient (Wildman–Crippen LogP) is 3.45. The lowest BCUT2D eigenvalue weighted by atomic mass is 10.0. The zero-order valence-corrected chi connectivity index (χ0v) is 15.4. The lowest BCUT2D eigenvalue weighted by Crippen LogP contribution is -2.28. The number of benzene rings is 1. The number of Topliss-reactive ketones (excluding diaryl/α,β-unsaturated/α-hetero) is 1. The van der Waals surface area contributed by atoms with Crippen LogP contribution < -0.4 is 10.4 Å². The fourth-order valence-electron chi connectivity index (χ4n) is 2.57. The van der Waals surface area contributed by atoms with Crippen LogP contribution in [0.15, 0.2) is 27.4 Å². The van der Waals surface area contributed by atoms with Gasteiger partial charge >= 0.3 is 5.63 Å². The Kier molecular flexibility index (Phi) is 7.45. The minimum absolute atomic E-state index is 0. The Hall–Kier alpha value is -1.85. The van der Waals surface area contributed by atoms with Gasteiger partial charge in [-0.2, -0.15) is 0 Å². The summed E-state index contributed by atoms with van der Waals surface area (Å²) in [5.41, 5.74) is 1.33. The summed E-state index contributed by atoms with van der Waals surface area (Å²) >= 11 is 0. The molecule has 0 aliphatic carbocycles. The molecule has 0 atom stereocenters. The van der Waals surface area contributed by atoms with E-state index in [0.717, 1.165) is 30.6 Å². The molecule has 5 nitrogen and oxygen atoms in total. The molecule has 2 rings (SSSR count). The monoisotopic (exact) mass is 353 g/mol. The van der Waals surface area contributed by atoms with Crippen LogP contribution in [-0.4, -0.2) is 36.9 Å². The second kappa shape index (κ2) is 8.85. The van der Waals surface area contributed by atoms with Gasteiger partial charge in [-0.25, -0.2) is 4.79 Å². The van der Waals surface area contributed by atoms with Gasteiger partial charge in [0.1, 0.15) is 17.9 Å². The number of hydrogen-bond acceptors (Lipinski definition) is 5. The molecule has 0 radical (unpaired) electrons. The van der Waals surface area contributed by atoms with Crippen LogP contribution in [0.3, 0.4) is 0 Å². The van der Waals surface area contributed by atoms with Gasteiger partial charge in [0.15, 0.2) is 5.78 Å². The van der Waals surface area contributed by atoms with E-state index in [1.54, 1.807) is 12.1 Å². The number of aryl methyl sites for hydroxylation is 1. The van der Waals surface area contributed by atoms with Crippen LogP contribution in [0.5, 0.6) is 5.75 Å². The average Bonchev–Trinajstić information content (AvgIpc) is 2.50. The van der Waals surface area contributed by atoms with Crippen LogP contribution in [-0.2, 0) is 0 Å². The zero-order valence-electron chi connectivity index (χ0n) is 14.5. The Balaban J connectivity index is 0.00000288. The van der Waals surface area contributed by atoms with E-state index in [4.69, 9.17) is 9.15 Å². The van der Waals surface area contributed by atoms with E-state index in [2.05, 4.69) is 18.7 Å². The van der Waals surface area contributed by atoms with E-state index in [1.165, 1.54) is 13.0 Å². The summed E-state index contributed by atoms with van der Waals surface area (Å²) in [4.78, 5) is 25.7. The van der Waals surface area contributed by atoms with Crippen molar-refractivity contribution in [3.8, 4) is 5.75 Å². The lowest BCUT2D eigenvalue weighted by molar-refractivity contribution is 0.101.